The number of benzene rings is 1. The van der Waals surface area contributed by atoms with Gasteiger partial charge < -0.3 is 9.30 Å². The van der Waals surface area contributed by atoms with Gasteiger partial charge in [-0.15, -0.1) is 11.3 Å². The molecule has 0 amide bonds. The molecule has 3 aromatic rings. The van der Waals surface area contributed by atoms with Crippen molar-refractivity contribution >= 4 is 33.1 Å². The van der Waals surface area contributed by atoms with Crippen LogP contribution >= 0.6 is 11.3 Å². The first kappa shape index (κ1) is 21.0. The predicted octanol–water partition coefficient (Wildman–Crippen LogP) is 3.15. The average molecular weight is 433 g/mol. The van der Waals surface area contributed by atoms with Gasteiger partial charge in [0.05, 0.1) is 4.90 Å². The number of primary sulfonamides is 1. The molecule has 0 saturated heterocycles. The van der Waals surface area contributed by atoms with E-state index in [0.29, 0.717) is 21.8 Å². The maximum Gasteiger partial charge on any atom is 0.348 e. The third-order valence-corrected chi connectivity index (χ3v) is 6.34. The summed E-state index contributed by atoms with van der Waals surface area (Å²) in [6.07, 6.45) is 0. The highest BCUT2D eigenvalue weighted by atomic mass is 32.2. The Morgan fingerprint density at radius 3 is 2.28 bits per heavy atom. The molecule has 7 nitrogen and oxygen atoms in total. The van der Waals surface area contributed by atoms with Gasteiger partial charge in [-0.05, 0) is 63.2 Å². The third-order valence-electron chi connectivity index (χ3n) is 4.43. The Labute approximate surface area is 172 Å². The summed E-state index contributed by atoms with van der Waals surface area (Å²) in [7, 11) is -3.78. The van der Waals surface area contributed by atoms with Crippen LogP contribution in [0.15, 0.2) is 47.4 Å². The van der Waals surface area contributed by atoms with E-state index in [2.05, 4.69) is 0 Å². The van der Waals surface area contributed by atoms with Crippen LogP contribution < -0.4 is 5.14 Å². The lowest BCUT2D eigenvalue weighted by Gasteiger charge is -2.10. The number of aromatic nitrogens is 1. The number of esters is 1. The lowest BCUT2D eigenvalue weighted by Crippen LogP contribution is -2.14. The van der Waals surface area contributed by atoms with Crippen LogP contribution in [0.25, 0.3) is 5.69 Å². The number of Topliss-reactive ketones (excluding diaryl/α,β-unsaturated/α-hetero) is 1. The summed E-state index contributed by atoms with van der Waals surface area (Å²) >= 11 is 1.31. The summed E-state index contributed by atoms with van der Waals surface area (Å²) in [5.74, 6) is -0.837. The van der Waals surface area contributed by atoms with Crippen molar-refractivity contribution in [1.82, 2.24) is 4.57 Å². The van der Waals surface area contributed by atoms with Crippen LogP contribution in [0.5, 0.6) is 0 Å². The van der Waals surface area contributed by atoms with Gasteiger partial charge in [-0.3, -0.25) is 4.79 Å². The molecule has 0 fully saturated rings. The molecule has 0 bridgehead atoms. The van der Waals surface area contributed by atoms with Crippen molar-refractivity contribution in [2.45, 2.75) is 25.7 Å². The van der Waals surface area contributed by atoms with E-state index in [1.165, 1.54) is 23.5 Å². The van der Waals surface area contributed by atoms with Gasteiger partial charge in [-0.2, -0.15) is 0 Å². The topological polar surface area (TPSA) is 108 Å². The van der Waals surface area contributed by atoms with Crippen molar-refractivity contribution in [2.24, 2.45) is 5.14 Å². The van der Waals surface area contributed by atoms with Crippen LogP contribution in [-0.2, 0) is 14.8 Å². The maximum absolute atomic E-state index is 12.6. The van der Waals surface area contributed by atoms with E-state index in [-0.39, 0.29) is 17.3 Å². The number of sulfonamides is 1. The van der Waals surface area contributed by atoms with Crippen LogP contribution in [0.3, 0.4) is 0 Å². The number of hydrogen-bond acceptors (Lipinski definition) is 6. The third kappa shape index (κ3) is 4.47. The fraction of sp³-hybridized carbons (Fsp3) is 0.200. The lowest BCUT2D eigenvalue weighted by atomic mass is 10.1. The molecule has 3 rings (SSSR count). The minimum Gasteiger partial charge on any atom is -0.453 e. The molecule has 152 valence electrons. The zero-order chi connectivity index (χ0) is 21.3. The number of nitrogens with two attached hydrogens (primary N) is 1. The number of rotatable bonds is 6. The number of ether oxygens (including phenoxy) is 1. The van der Waals surface area contributed by atoms with Crippen molar-refractivity contribution in [3.63, 3.8) is 0 Å². The first-order valence-electron chi connectivity index (χ1n) is 8.67. The van der Waals surface area contributed by atoms with Crippen molar-refractivity contribution in [1.29, 1.82) is 0 Å². The minimum absolute atomic E-state index is 0.00994. The predicted molar refractivity (Wildman–Crippen MR) is 110 cm³/mol. The van der Waals surface area contributed by atoms with Crippen molar-refractivity contribution in [3.8, 4) is 5.69 Å². The molecule has 0 aliphatic carbocycles. The molecule has 0 aliphatic heterocycles. The Balaban J connectivity index is 1.79. The fourth-order valence-electron chi connectivity index (χ4n) is 3.05. The smallest absolute Gasteiger partial charge is 0.348 e. The van der Waals surface area contributed by atoms with Gasteiger partial charge in [-0.1, -0.05) is 0 Å². The van der Waals surface area contributed by atoms with Gasteiger partial charge >= 0.3 is 5.97 Å². The normalized spacial score (nSPS) is 11.4. The number of hydrogen-bond donors (Lipinski definition) is 1. The first-order chi connectivity index (χ1) is 13.6. The van der Waals surface area contributed by atoms with Crippen LogP contribution in [0.4, 0.5) is 0 Å². The summed E-state index contributed by atoms with van der Waals surface area (Å²) in [6, 6.07) is 11.3. The molecular formula is C20H20N2O5S2. The van der Waals surface area contributed by atoms with E-state index < -0.39 is 16.0 Å². The standard InChI is InChI=1S/C20H20N2O5S2/c1-12-10-17(18(23)11-27-20(24)19-9-4-13(2)28-19)14(3)22(12)15-5-7-16(8-6-15)29(21,25)26/h4-10H,11H2,1-3H3,(H2,21,25,26). The number of carbonyl (C=O) groups excluding carboxylic acids is 2. The molecular weight excluding hydrogens is 412 g/mol. The Morgan fingerprint density at radius 2 is 1.72 bits per heavy atom. The molecule has 9 heteroatoms. The van der Waals surface area contributed by atoms with Gasteiger partial charge in [0.15, 0.2) is 6.61 Å². The summed E-state index contributed by atoms with van der Waals surface area (Å²) in [6.45, 7) is 5.14. The minimum atomic E-state index is -3.78. The number of carbonyl (C=O) groups is 2. The second kappa shape index (κ2) is 7.94. The highest BCUT2D eigenvalue weighted by Gasteiger charge is 2.19. The molecule has 29 heavy (non-hydrogen) atoms. The molecule has 0 atom stereocenters. The lowest BCUT2D eigenvalue weighted by molar-refractivity contribution is 0.0479. The van der Waals surface area contributed by atoms with Gasteiger partial charge in [0, 0.05) is 27.5 Å². The Hall–Kier alpha value is -2.75. The second-order valence-electron chi connectivity index (χ2n) is 6.57. The van der Waals surface area contributed by atoms with E-state index >= 15 is 0 Å². The fourth-order valence-corrected chi connectivity index (χ4v) is 4.33. The van der Waals surface area contributed by atoms with E-state index in [0.717, 1.165) is 10.6 Å². The van der Waals surface area contributed by atoms with E-state index in [1.54, 1.807) is 31.2 Å². The molecule has 0 aliphatic rings. The number of nitrogens with zero attached hydrogens (tertiary/aromatic N) is 1. The molecule has 0 unspecified atom stereocenters. The maximum atomic E-state index is 12.6. The number of thiophene rings is 1. The monoisotopic (exact) mass is 432 g/mol. The van der Waals surface area contributed by atoms with Gasteiger partial charge in [0.1, 0.15) is 4.88 Å². The van der Waals surface area contributed by atoms with Crippen molar-refractivity contribution in [2.75, 3.05) is 6.61 Å². The molecule has 0 radical (unpaired) electrons. The van der Waals surface area contributed by atoms with Crippen LogP contribution in [0.2, 0.25) is 0 Å². The molecule has 2 heterocycles. The highest BCUT2D eigenvalue weighted by Crippen LogP contribution is 2.23. The molecule has 0 saturated carbocycles. The van der Waals surface area contributed by atoms with Crippen LogP contribution in [0.1, 0.15) is 36.3 Å². The SMILES string of the molecule is Cc1ccc(C(=O)OCC(=O)c2cc(C)n(-c3ccc(S(N)(=O)=O)cc3)c2C)s1. The van der Waals surface area contributed by atoms with E-state index in [4.69, 9.17) is 9.88 Å². The summed E-state index contributed by atoms with van der Waals surface area (Å²) in [5, 5.41) is 5.13. The average Bonchev–Trinajstić information content (AvgIpc) is 3.22. The quantitative estimate of drug-likeness (QED) is 0.475. The molecule has 1 aromatic carbocycles. The van der Waals surface area contributed by atoms with Gasteiger partial charge in [-0.25, -0.2) is 18.4 Å². The zero-order valence-corrected chi connectivity index (χ0v) is 17.8. The molecule has 0 spiro atoms. The molecule has 2 aromatic heterocycles. The summed E-state index contributed by atoms with van der Waals surface area (Å²) < 4.78 is 29.8. The van der Waals surface area contributed by atoms with Crippen LogP contribution in [0, 0.1) is 20.8 Å². The Morgan fingerprint density at radius 1 is 1.07 bits per heavy atom. The number of aryl methyl sites for hydroxylation is 2. The van der Waals surface area contributed by atoms with Crippen molar-refractivity contribution < 1.29 is 22.7 Å². The highest BCUT2D eigenvalue weighted by molar-refractivity contribution is 7.89. The van der Waals surface area contributed by atoms with Gasteiger partial charge in [0.2, 0.25) is 15.8 Å². The second-order valence-corrected chi connectivity index (χ2v) is 9.42. The van der Waals surface area contributed by atoms with Gasteiger partial charge in [0.25, 0.3) is 0 Å². The van der Waals surface area contributed by atoms with Crippen LogP contribution in [-0.4, -0.2) is 31.3 Å². The van der Waals surface area contributed by atoms with Crippen molar-refractivity contribution in [3.05, 3.63) is 69.2 Å². The summed E-state index contributed by atoms with van der Waals surface area (Å²) in [5.41, 5.74) is 2.58. The number of ketones is 1. The first-order valence-corrected chi connectivity index (χ1v) is 11.0. The molecule has 2 N–H and O–H groups in total. The Bertz CT molecular complexity index is 1190. The summed E-state index contributed by atoms with van der Waals surface area (Å²) in [4.78, 5) is 26.1. The van der Waals surface area contributed by atoms with E-state index in [9.17, 15) is 18.0 Å². The van der Waals surface area contributed by atoms with E-state index in [1.807, 2.05) is 24.5 Å². The zero-order valence-electron chi connectivity index (χ0n) is 16.1. The Kier molecular flexibility index (Phi) is 5.74. The largest absolute Gasteiger partial charge is 0.453 e.